The van der Waals surface area contributed by atoms with E-state index in [1.807, 2.05) is 30.3 Å². The Morgan fingerprint density at radius 2 is 2.00 bits per heavy atom. The number of nitrogens with zero attached hydrogens (tertiary/aromatic N) is 1. The van der Waals surface area contributed by atoms with Gasteiger partial charge in [0.25, 0.3) is 0 Å². The summed E-state index contributed by atoms with van der Waals surface area (Å²) < 4.78 is 0. The van der Waals surface area contributed by atoms with E-state index in [2.05, 4.69) is 0 Å². The number of likely N-dealkylation sites (tertiary alicyclic amines) is 1. The second-order valence-corrected chi connectivity index (χ2v) is 4.79. The van der Waals surface area contributed by atoms with E-state index < -0.39 is 0 Å². The molecular weight excluding hydrogens is 228 g/mol. The SMILES string of the molecule is CC1CC(=O)N(CC(CN)c2ccccc2)C1=O. The van der Waals surface area contributed by atoms with Gasteiger partial charge in [0, 0.05) is 31.3 Å². The quantitative estimate of drug-likeness (QED) is 0.810. The number of hydrogen-bond acceptors (Lipinski definition) is 3. The molecule has 2 rings (SSSR count). The van der Waals surface area contributed by atoms with Gasteiger partial charge in [-0.1, -0.05) is 37.3 Å². The summed E-state index contributed by atoms with van der Waals surface area (Å²) in [5.74, 6) is -0.327. The molecule has 2 atom stereocenters. The van der Waals surface area contributed by atoms with Crippen LogP contribution in [0, 0.1) is 5.92 Å². The molecule has 4 heteroatoms. The van der Waals surface area contributed by atoms with Crippen LogP contribution in [0.15, 0.2) is 30.3 Å². The van der Waals surface area contributed by atoms with Crippen LogP contribution in [0.1, 0.15) is 24.8 Å². The summed E-state index contributed by atoms with van der Waals surface area (Å²) in [7, 11) is 0. The van der Waals surface area contributed by atoms with Gasteiger partial charge in [0.05, 0.1) is 0 Å². The lowest BCUT2D eigenvalue weighted by Gasteiger charge is -2.22. The van der Waals surface area contributed by atoms with Crippen LogP contribution in [0.3, 0.4) is 0 Å². The molecule has 1 aliphatic heterocycles. The van der Waals surface area contributed by atoms with Crippen molar-refractivity contribution in [3.8, 4) is 0 Å². The van der Waals surface area contributed by atoms with Crippen molar-refractivity contribution in [3.63, 3.8) is 0 Å². The highest BCUT2D eigenvalue weighted by atomic mass is 16.2. The topological polar surface area (TPSA) is 63.4 Å². The fourth-order valence-corrected chi connectivity index (χ4v) is 2.30. The normalized spacial score (nSPS) is 21.4. The van der Waals surface area contributed by atoms with Crippen LogP contribution in [0.5, 0.6) is 0 Å². The van der Waals surface area contributed by atoms with Gasteiger partial charge in [-0.05, 0) is 5.56 Å². The van der Waals surface area contributed by atoms with E-state index in [9.17, 15) is 9.59 Å². The number of nitrogens with two attached hydrogens (primary N) is 1. The Morgan fingerprint density at radius 3 is 2.50 bits per heavy atom. The average molecular weight is 246 g/mol. The molecule has 96 valence electrons. The second kappa shape index (κ2) is 5.31. The molecular formula is C14H18N2O2. The molecule has 1 aromatic rings. The minimum absolute atomic E-state index is 0.0180. The van der Waals surface area contributed by atoms with Crippen molar-refractivity contribution < 1.29 is 9.59 Å². The van der Waals surface area contributed by atoms with Crippen LogP contribution >= 0.6 is 0 Å². The Morgan fingerprint density at radius 1 is 1.33 bits per heavy atom. The van der Waals surface area contributed by atoms with Gasteiger partial charge in [0.2, 0.25) is 11.8 Å². The molecule has 1 heterocycles. The molecule has 2 N–H and O–H groups in total. The molecule has 1 aliphatic rings. The standard InChI is InChI=1S/C14H18N2O2/c1-10-7-13(17)16(14(10)18)9-12(8-15)11-5-3-2-4-6-11/h2-6,10,12H,7-9,15H2,1H3. The molecule has 1 aromatic carbocycles. The maximum Gasteiger partial charge on any atom is 0.232 e. The predicted molar refractivity (Wildman–Crippen MR) is 68.7 cm³/mol. The van der Waals surface area contributed by atoms with Crippen LogP contribution in [0.2, 0.25) is 0 Å². The fourth-order valence-electron chi connectivity index (χ4n) is 2.30. The van der Waals surface area contributed by atoms with Gasteiger partial charge in [-0.3, -0.25) is 14.5 Å². The third-order valence-corrected chi connectivity index (χ3v) is 3.43. The first kappa shape index (κ1) is 12.8. The van der Waals surface area contributed by atoms with Gasteiger partial charge in [0.15, 0.2) is 0 Å². The molecule has 1 saturated heterocycles. The molecule has 1 fully saturated rings. The molecule has 0 saturated carbocycles. The Labute approximate surface area is 107 Å². The molecule has 4 nitrogen and oxygen atoms in total. The Balaban J connectivity index is 2.12. The van der Waals surface area contributed by atoms with Gasteiger partial charge in [-0.15, -0.1) is 0 Å². The predicted octanol–water partition coefficient (Wildman–Crippen LogP) is 1.12. The van der Waals surface area contributed by atoms with Crippen LogP contribution in [-0.4, -0.2) is 29.8 Å². The molecule has 0 radical (unpaired) electrons. The molecule has 0 spiro atoms. The van der Waals surface area contributed by atoms with E-state index in [4.69, 9.17) is 5.73 Å². The van der Waals surface area contributed by atoms with Crippen molar-refractivity contribution in [1.82, 2.24) is 4.90 Å². The summed E-state index contributed by atoms with van der Waals surface area (Å²) in [6.45, 7) is 2.61. The summed E-state index contributed by atoms with van der Waals surface area (Å²) >= 11 is 0. The van der Waals surface area contributed by atoms with E-state index in [1.54, 1.807) is 6.92 Å². The van der Waals surface area contributed by atoms with E-state index in [1.165, 1.54) is 4.90 Å². The van der Waals surface area contributed by atoms with Gasteiger partial charge in [0.1, 0.15) is 0 Å². The molecule has 18 heavy (non-hydrogen) atoms. The molecule has 0 aliphatic carbocycles. The van der Waals surface area contributed by atoms with E-state index in [-0.39, 0.29) is 23.7 Å². The minimum atomic E-state index is -0.188. The Kier molecular flexibility index (Phi) is 3.77. The van der Waals surface area contributed by atoms with Crippen molar-refractivity contribution in [2.45, 2.75) is 19.3 Å². The van der Waals surface area contributed by atoms with Crippen molar-refractivity contribution in [2.24, 2.45) is 11.7 Å². The molecule has 0 bridgehead atoms. The summed E-state index contributed by atoms with van der Waals surface area (Å²) in [6, 6.07) is 9.77. The zero-order valence-corrected chi connectivity index (χ0v) is 10.5. The summed E-state index contributed by atoms with van der Waals surface area (Å²) in [5.41, 5.74) is 6.83. The Bertz CT molecular complexity index is 444. The van der Waals surface area contributed by atoms with Crippen LogP contribution in [0.25, 0.3) is 0 Å². The van der Waals surface area contributed by atoms with Gasteiger partial charge < -0.3 is 5.73 Å². The van der Waals surface area contributed by atoms with Gasteiger partial charge >= 0.3 is 0 Å². The zero-order valence-electron chi connectivity index (χ0n) is 10.5. The third-order valence-electron chi connectivity index (χ3n) is 3.43. The lowest BCUT2D eigenvalue weighted by Crippen LogP contribution is -2.36. The highest BCUT2D eigenvalue weighted by molar-refractivity contribution is 6.03. The van der Waals surface area contributed by atoms with Crippen LogP contribution < -0.4 is 5.73 Å². The number of benzene rings is 1. The maximum absolute atomic E-state index is 11.9. The highest BCUT2D eigenvalue weighted by Gasteiger charge is 2.36. The number of hydrogen-bond donors (Lipinski definition) is 1. The van der Waals surface area contributed by atoms with Crippen molar-refractivity contribution >= 4 is 11.8 Å². The smallest absolute Gasteiger partial charge is 0.232 e. The van der Waals surface area contributed by atoms with Crippen molar-refractivity contribution in [3.05, 3.63) is 35.9 Å². The first-order valence-corrected chi connectivity index (χ1v) is 6.22. The number of amides is 2. The molecule has 2 amide bonds. The summed E-state index contributed by atoms with van der Waals surface area (Å²) in [5, 5.41) is 0. The van der Waals surface area contributed by atoms with Crippen molar-refractivity contribution in [1.29, 1.82) is 0 Å². The lowest BCUT2D eigenvalue weighted by molar-refractivity contribution is -0.139. The van der Waals surface area contributed by atoms with Crippen molar-refractivity contribution in [2.75, 3.05) is 13.1 Å². The number of imide groups is 1. The number of carbonyl (C=O) groups excluding carboxylic acids is 2. The number of carbonyl (C=O) groups is 2. The summed E-state index contributed by atoms with van der Waals surface area (Å²) in [6.07, 6.45) is 0.324. The second-order valence-electron chi connectivity index (χ2n) is 4.79. The third kappa shape index (κ3) is 2.43. The van der Waals surface area contributed by atoms with Gasteiger partial charge in [-0.25, -0.2) is 0 Å². The molecule has 2 unspecified atom stereocenters. The van der Waals surface area contributed by atoms with Crippen LogP contribution in [-0.2, 0) is 9.59 Å². The monoisotopic (exact) mass is 246 g/mol. The fraction of sp³-hybridized carbons (Fsp3) is 0.429. The highest BCUT2D eigenvalue weighted by Crippen LogP contribution is 2.23. The number of rotatable bonds is 4. The van der Waals surface area contributed by atoms with E-state index >= 15 is 0 Å². The van der Waals surface area contributed by atoms with E-state index in [0.29, 0.717) is 19.5 Å². The average Bonchev–Trinajstić information content (AvgIpc) is 2.62. The Hall–Kier alpha value is -1.68. The summed E-state index contributed by atoms with van der Waals surface area (Å²) in [4.78, 5) is 25.0. The van der Waals surface area contributed by atoms with Gasteiger partial charge in [-0.2, -0.15) is 0 Å². The first-order valence-electron chi connectivity index (χ1n) is 6.22. The lowest BCUT2D eigenvalue weighted by atomic mass is 9.99. The van der Waals surface area contributed by atoms with E-state index in [0.717, 1.165) is 5.56 Å². The minimum Gasteiger partial charge on any atom is -0.330 e. The maximum atomic E-state index is 11.9. The largest absolute Gasteiger partial charge is 0.330 e. The first-order chi connectivity index (χ1) is 8.63. The zero-order chi connectivity index (χ0) is 13.1. The molecule has 0 aromatic heterocycles. The van der Waals surface area contributed by atoms with Crippen LogP contribution in [0.4, 0.5) is 0 Å².